The van der Waals surface area contributed by atoms with E-state index in [1.165, 1.54) is 0 Å². The maximum atomic E-state index is 13.6. The zero-order valence-electron chi connectivity index (χ0n) is 17.6. The number of nitrogens with zero attached hydrogens (tertiary/aromatic N) is 3. The van der Waals surface area contributed by atoms with Crippen molar-refractivity contribution in [1.82, 2.24) is 15.0 Å². The Balaban J connectivity index is 1.42. The lowest BCUT2D eigenvalue weighted by molar-refractivity contribution is -0.121. The minimum absolute atomic E-state index is 0.0778. The second-order valence-corrected chi connectivity index (χ2v) is 7.93. The number of fused-ring (bicyclic) bond motifs is 1. The fourth-order valence-corrected chi connectivity index (χ4v) is 4.13. The summed E-state index contributed by atoms with van der Waals surface area (Å²) < 4.78 is 10.8. The largest absolute Gasteiger partial charge is 0.463 e. The van der Waals surface area contributed by atoms with Gasteiger partial charge in [-0.3, -0.25) is 9.59 Å². The highest BCUT2D eigenvalue weighted by Crippen LogP contribution is 2.29. The fraction of sp³-hybridized carbons (Fsp3) is 0.250. The van der Waals surface area contributed by atoms with Gasteiger partial charge in [0.2, 0.25) is 5.91 Å². The number of likely N-dealkylation sites (tertiary alicyclic amines) is 1. The third-order valence-corrected chi connectivity index (χ3v) is 5.74. The number of pyridine rings is 1. The molecule has 2 amide bonds. The SMILES string of the molecule is Cc1noc2nc(-c3ccco3)cc(C(=O)N3CCCC(C(=O)Nc4ccccc4)C3)c12. The molecule has 0 bridgehead atoms. The Morgan fingerprint density at radius 2 is 2.00 bits per heavy atom. The molecular formula is C24H22N4O4. The minimum atomic E-state index is -0.279. The van der Waals surface area contributed by atoms with Gasteiger partial charge in [-0.05, 0) is 50.1 Å². The van der Waals surface area contributed by atoms with Crippen LogP contribution in [-0.2, 0) is 4.79 Å². The highest BCUT2D eigenvalue weighted by molar-refractivity contribution is 6.07. The van der Waals surface area contributed by atoms with Gasteiger partial charge in [0.15, 0.2) is 5.76 Å². The number of piperidine rings is 1. The predicted molar refractivity (Wildman–Crippen MR) is 118 cm³/mol. The van der Waals surface area contributed by atoms with E-state index in [-0.39, 0.29) is 23.4 Å². The molecule has 1 aliphatic heterocycles. The van der Waals surface area contributed by atoms with Crippen molar-refractivity contribution in [2.75, 3.05) is 18.4 Å². The van der Waals surface area contributed by atoms with Gasteiger partial charge in [-0.15, -0.1) is 0 Å². The molecule has 5 rings (SSSR count). The van der Waals surface area contributed by atoms with Crippen LogP contribution in [0.4, 0.5) is 5.69 Å². The Labute approximate surface area is 184 Å². The number of rotatable bonds is 4. The maximum absolute atomic E-state index is 13.6. The molecule has 1 aliphatic rings. The van der Waals surface area contributed by atoms with E-state index in [9.17, 15) is 9.59 Å². The molecule has 4 aromatic rings. The summed E-state index contributed by atoms with van der Waals surface area (Å²) in [5, 5.41) is 7.53. The molecule has 4 heterocycles. The number of anilines is 1. The number of benzene rings is 1. The molecule has 1 atom stereocenters. The van der Waals surface area contributed by atoms with E-state index < -0.39 is 0 Å². The van der Waals surface area contributed by atoms with E-state index in [4.69, 9.17) is 8.94 Å². The van der Waals surface area contributed by atoms with Gasteiger partial charge in [-0.25, -0.2) is 4.98 Å². The van der Waals surface area contributed by atoms with E-state index in [0.29, 0.717) is 41.2 Å². The van der Waals surface area contributed by atoms with Crippen molar-refractivity contribution in [3.63, 3.8) is 0 Å². The van der Waals surface area contributed by atoms with Crippen LogP contribution in [0.15, 0.2) is 63.7 Å². The van der Waals surface area contributed by atoms with E-state index >= 15 is 0 Å². The van der Waals surface area contributed by atoms with Crippen molar-refractivity contribution in [2.45, 2.75) is 19.8 Å². The number of carbonyl (C=O) groups excluding carboxylic acids is 2. The van der Waals surface area contributed by atoms with Gasteiger partial charge in [0.25, 0.3) is 11.6 Å². The molecule has 8 nitrogen and oxygen atoms in total. The number of para-hydroxylation sites is 1. The van der Waals surface area contributed by atoms with Crippen molar-refractivity contribution < 1.29 is 18.5 Å². The monoisotopic (exact) mass is 430 g/mol. The first-order chi connectivity index (χ1) is 15.6. The van der Waals surface area contributed by atoms with E-state index in [0.717, 1.165) is 18.5 Å². The Morgan fingerprint density at radius 3 is 2.78 bits per heavy atom. The summed E-state index contributed by atoms with van der Waals surface area (Å²) >= 11 is 0. The summed E-state index contributed by atoms with van der Waals surface area (Å²) in [7, 11) is 0. The molecule has 8 heteroatoms. The molecule has 1 N–H and O–H groups in total. The average molecular weight is 430 g/mol. The van der Waals surface area contributed by atoms with Gasteiger partial charge in [0, 0.05) is 18.8 Å². The highest BCUT2D eigenvalue weighted by atomic mass is 16.5. The number of aromatic nitrogens is 2. The fourth-order valence-electron chi connectivity index (χ4n) is 4.13. The number of carbonyl (C=O) groups is 2. The topological polar surface area (TPSA) is 101 Å². The van der Waals surface area contributed by atoms with Crippen LogP contribution in [0.25, 0.3) is 22.6 Å². The Morgan fingerprint density at radius 1 is 1.16 bits per heavy atom. The Kier molecular flexibility index (Phi) is 5.18. The van der Waals surface area contributed by atoms with E-state index in [1.807, 2.05) is 30.3 Å². The van der Waals surface area contributed by atoms with Crippen molar-refractivity contribution in [1.29, 1.82) is 0 Å². The molecule has 1 aromatic carbocycles. The summed E-state index contributed by atoms with van der Waals surface area (Å²) in [5.41, 5.74) is 2.58. The number of nitrogens with one attached hydrogen (secondary N) is 1. The van der Waals surface area contributed by atoms with Crippen LogP contribution in [-0.4, -0.2) is 39.9 Å². The molecule has 162 valence electrons. The lowest BCUT2D eigenvalue weighted by Crippen LogP contribution is -2.43. The van der Waals surface area contributed by atoms with E-state index in [2.05, 4.69) is 15.5 Å². The predicted octanol–water partition coefficient (Wildman–Crippen LogP) is 4.28. The Bertz CT molecular complexity index is 1260. The normalized spacial score (nSPS) is 16.3. The highest BCUT2D eigenvalue weighted by Gasteiger charge is 2.31. The quantitative estimate of drug-likeness (QED) is 0.518. The molecule has 32 heavy (non-hydrogen) atoms. The second-order valence-electron chi connectivity index (χ2n) is 7.93. The second kappa shape index (κ2) is 8.30. The number of hydrogen-bond acceptors (Lipinski definition) is 6. The zero-order chi connectivity index (χ0) is 22.1. The standard InChI is InChI=1S/C24H22N4O4/c1-15-21-18(13-19(20-10-6-12-31-20)26-23(21)32-27-15)24(30)28-11-5-7-16(14-28)22(29)25-17-8-3-2-4-9-17/h2-4,6,8-10,12-13,16H,5,7,11,14H2,1H3,(H,25,29). The molecule has 3 aromatic heterocycles. The zero-order valence-corrected chi connectivity index (χ0v) is 17.6. The Hall–Kier alpha value is -3.94. The average Bonchev–Trinajstić information content (AvgIpc) is 3.49. The van der Waals surface area contributed by atoms with Crippen molar-refractivity contribution in [2.24, 2.45) is 5.92 Å². The summed E-state index contributed by atoms with van der Waals surface area (Å²) in [6, 6.07) is 14.6. The van der Waals surface area contributed by atoms with Gasteiger partial charge in [0.05, 0.1) is 28.8 Å². The molecule has 1 fully saturated rings. The van der Waals surface area contributed by atoms with Crippen molar-refractivity contribution >= 4 is 28.6 Å². The van der Waals surface area contributed by atoms with Crippen LogP contribution in [0.3, 0.4) is 0 Å². The van der Waals surface area contributed by atoms with Crippen molar-refractivity contribution in [3.8, 4) is 11.5 Å². The van der Waals surface area contributed by atoms with E-state index in [1.54, 1.807) is 36.3 Å². The maximum Gasteiger partial charge on any atom is 0.259 e. The lowest BCUT2D eigenvalue weighted by atomic mass is 9.96. The summed E-state index contributed by atoms with van der Waals surface area (Å²) in [4.78, 5) is 32.6. The van der Waals surface area contributed by atoms with Crippen molar-refractivity contribution in [3.05, 3.63) is 66.1 Å². The van der Waals surface area contributed by atoms with Crippen LogP contribution >= 0.6 is 0 Å². The van der Waals surface area contributed by atoms with Gasteiger partial charge < -0.3 is 19.2 Å². The number of hydrogen-bond donors (Lipinski definition) is 1. The molecule has 0 radical (unpaired) electrons. The number of amides is 2. The summed E-state index contributed by atoms with van der Waals surface area (Å²) in [6.45, 7) is 2.71. The molecule has 1 unspecified atom stereocenters. The van der Waals surface area contributed by atoms with Crippen LogP contribution in [0.1, 0.15) is 28.9 Å². The third kappa shape index (κ3) is 3.75. The number of furan rings is 1. The van der Waals surface area contributed by atoms with Gasteiger partial charge in [0.1, 0.15) is 5.69 Å². The molecular weight excluding hydrogens is 408 g/mol. The van der Waals surface area contributed by atoms with Gasteiger partial charge >= 0.3 is 0 Å². The van der Waals surface area contributed by atoms with Crippen LogP contribution < -0.4 is 5.32 Å². The summed E-state index contributed by atoms with van der Waals surface area (Å²) in [6.07, 6.45) is 3.04. The number of aryl methyl sites for hydroxylation is 1. The van der Waals surface area contributed by atoms with Crippen LogP contribution in [0.2, 0.25) is 0 Å². The van der Waals surface area contributed by atoms with Gasteiger partial charge in [-0.1, -0.05) is 23.4 Å². The van der Waals surface area contributed by atoms with Gasteiger partial charge in [-0.2, -0.15) is 0 Å². The first kappa shape index (κ1) is 20.0. The first-order valence-corrected chi connectivity index (χ1v) is 10.6. The molecule has 1 saturated heterocycles. The molecule has 0 saturated carbocycles. The third-order valence-electron chi connectivity index (χ3n) is 5.74. The smallest absolute Gasteiger partial charge is 0.259 e. The first-order valence-electron chi connectivity index (χ1n) is 10.6. The van der Waals surface area contributed by atoms with Crippen LogP contribution in [0, 0.1) is 12.8 Å². The summed E-state index contributed by atoms with van der Waals surface area (Å²) in [5.74, 6) is 0.00633. The van der Waals surface area contributed by atoms with Crippen LogP contribution in [0.5, 0.6) is 0 Å². The lowest BCUT2D eigenvalue weighted by Gasteiger charge is -2.32. The minimum Gasteiger partial charge on any atom is -0.463 e. The molecule has 0 aliphatic carbocycles. The molecule has 0 spiro atoms.